The van der Waals surface area contributed by atoms with Crippen molar-refractivity contribution in [3.8, 4) is 11.5 Å². The third-order valence-corrected chi connectivity index (χ3v) is 4.06. The average Bonchev–Trinajstić information content (AvgIpc) is 3.19. The number of hydrogen-bond donors (Lipinski definition) is 2. The second-order valence-corrected chi connectivity index (χ2v) is 5.99. The molecule has 0 unspecified atom stereocenters. The number of anilines is 1. The molecule has 0 fully saturated rings. The molecule has 2 N–H and O–H groups in total. The zero-order valence-electron chi connectivity index (χ0n) is 14.8. The molecule has 1 amide bonds. The molecule has 144 valence electrons. The number of aromatic carboxylic acids is 1. The number of hydrogen-bond acceptors (Lipinski definition) is 7. The number of aromatic nitrogens is 4. The summed E-state index contributed by atoms with van der Waals surface area (Å²) in [6.07, 6.45) is 0. The second-order valence-electron chi connectivity index (χ2n) is 5.99. The summed E-state index contributed by atoms with van der Waals surface area (Å²) in [6, 6.07) is 15.0. The summed E-state index contributed by atoms with van der Waals surface area (Å²) < 4.78 is 6.17. The zero-order chi connectivity index (χ0) is 20.4. The molecule has 10 nitrogen and oxygen atoms in total. The highest BCUT2D eigenvalue weighted by Gasteiger charge is 2.18. The number of nitrogens with one attached hydrogen (secondary N) is 1. The fourth-order valence-electron chi connectivity index (χ4n) is 2.77. The lowest BCUT2D eigenvalue weighted by molar-refractivity contribution is -0.117. The van der Waals surface area contributed by atoms with Gasteiger partial charge in [-0.25, -0.2) is 9.48 Å². The van der Waals surface area contributed by atoms with Crippen molar-refractivity contribution >= 4 is 28.7 Å². The van der Waals surface area contributed by atoms with Gasteiger partial charge in [0.1, 0.15) is 6.54 Å². The fourth-order valence-corrected chi connectivity index (χ4v) is 2.77. The van der Waals surface area contributed by atoms with Gasteiger partial charge in [0.05, 0.1) is 5.39 Å². The minimum absolute atomic E-state index is 0.150. The number of carboxylic acids is 1. The van der Waals surface area contributed by atoms with Crippen molar-refractivity contribution in [1.82, 2.24) is 20.0 Å². The SMILES string of the molecule is O=C(Cn1nc(C(=O)O)c2ccccc2c1=O)Nc1nnc(-c2ccccc2)o1. The molecule has 10 heteroatoms. The minimum Gasteiger partial charge on any atom is -0.476 e. The van der Waals surface area contributed by atoms with Crippen molar-refractivity contribution < 1.29 is 19.1 Å². The van der Waals surface area contributed by atoms with E-state index in [0.717, 1.165) is 4.68 Å². The first-order valence-corrected chi connectivity index (χ1v) is 8.45. The van der Waals surface area contributed by atoms with Crippen LogP contribution in [0.3, 0.4) is 0 Å². The van der Waals surface area contributed by atoms with Crippen molar-refractivity contribution in [3.05, 3.63) is 70.6 Å². The Morgan fingerprint density at radius 3 is 2.41 bits per heavy atom. The first-order chi connectivity index (χ1) is 14.0. The number of carbonyl (C=O) groups excluding carboxylic acids is 1. The van der Waals surface area contributed by atoms with Crippen LogP contribution in [0.1, 0.15) is 10.5 Å². The zero-order valence-corrected chi connectivity index (χ0v) is 14.8. The van der Waals surface area contributed by atoms with E-state index in [1.54, 1.807) is 36.4 Å². The van der Waals surface area contributed by atoms with Crippen LogP contribution in [-0.4, -0.2) is 37.0 Å². The van der Waals surface area contributed by atoms with Crippen LogP contribution in [-0.2, 0) is 11.3 Å². The monoisotopic (exact) mass is 391 g/mol. The number of fused-ring (bicyclic) bond motifs is 1. The van der Waals surface area contributed by atoms with Gasteiger partial charge in [0, 0.05) is 10.9 Å². The lowest BCUT2D eigenvalue weighted by Crippen LogP contribution is -2.31. The van der Waals surface area contributed by atoms with Crippen LogP contribution in [0.5, 0.6) is 0 Å². The van der Waals surface area contributed by atoms with Crippen molar-refractivity contribution in [2.24, 2.45) is 0 Å². The van der Waals surface area contributed by atoms with Gasteiger partial charge < -0.3 is 9.52 Å². The van der Waals surface area contributed by atoms with Crippen molar-refractivity contribution in [2.45, 2.75) is 6.54 Å². The molecule has 4 aromatic rings. The summed E-state index contributed by atoms with van der Waals surface area (Å²) in [5.74, 6) is -1.76. The first kappa shape index (κ1) is 18.0. The highest BCUT2D eigenvalue weighted by atomic mass is 16.4. The van der Waals surface area contributed by atoms with Gasteiger partial charge in [-0.1, -0.05) is 41.5 Å². The van der Waals surface area contributed by atoms with E-state index in [9.17, 15) is 19.5 Å². The lowest BCUT2D eigenvalue weighted by Gasteiger charge is -2.08. The lowest BCUT2D eigenvalue weighted by atomic mass is 10.1. The van der Waals surface area contributed by atoms with Gasteiger partial charge in [-0.2, -0.15) is 5.10 Å². The van der Waals surface area contributed by atoms with Crippen LogP contribution in [0.2, 0.25) is 0 Å². The van der Waals surface area contributed by atoms with Gasteiger partial charge in [0.25, 0.3) is 5.56 Å². The van der Waals surface area contributed by atoms with Gasteiger partial charge in [-0.05, 0) is 18.2 Å². The largest absolute Gasteiger partial charge is 0.476 e. The summed E-state index contributed by atoms with van der Waals surface area (Å²) in [6.45, 7) is -0.521. The fraction of sp³-hybridized carbons (Fsp3) is 0.0526. The van der Waals surface area contributed by atoms with Gasteiger partial charge in [-0.15, -0.1) is 5.10 Å². The maximum absolute atomic E-state index is 12.6. The molecule has 0 aliphatic rings. The molecule has 0 saturated heterocycles. The molecule has 0 bridgehead atoms. The van der Waals surface area contributed by atoms with E-state index in [0.29, 0.717) is 5.56 Å². The number of carboxylic acid groups (broad SMARTS) is 1. The molecular formula is C19H13N5O5. The molecule has 0 spiro atoms. The normalized spacial score (nSPS) is 10.8. The summed E-state index contributed by atoms with van der Waals surface area (Å²) in [4.78, 5) is 36.3. The summed E-state index contributed by atoms with van der Waals surface area (Å²) in [5, 5.41) is 23.5. The van der Waals surface area contributed by atoms with E-state index >= 15 is 0 Å². The number of benzene rings is 2. The molecular weight excluding hydrogens is 378 g/mol. The van der Waals surface area contributed by atoms with Crippen molar-refractivity contribution in [2.75, 3.05) is 5.32 Å². The molecule has 0 aliphatic carbocycles. The molecule has 0 atom stereocenters. The standard InChI is InChI=1S/C19H13N5O5/c25-14(20-19-22-21-16(29-19)11-6-2-1-3-7-11)10-24-17(26)13-9-5-4-8-12(13)15(23-24)18(27)28/h1-9H,10H2,(H,27,28)(H,20,22,25). The Hall–Kier alpha value is -4.34. The molecule has 2 aromatic heterocycles. The summed E-state index contributed by atoms with van der Waals surface area (Å²) >= 11 is 0. The van der Waals surface area contributed by atoms with Gasteiger partial charge in [0.2, 0.25) is 11.8 Å². The maximum Gasteiger partial charge on any atom is 0.357 e. The number of nitrogens with zero attached hydrogens (tertiary/aromatic N) is 4. The molecule has 2 aromatic carbocycles. The Kier molecular flexibility index (Phi) is 4.57. The number of rotatable bonds is 5. The Bertz CT molecular complexity index is 1280. The van der Waals surface area contributed by atoms with E-state index in [1.165, 1.54) is 12.1 Å². The summed E-state index contributed by atoms with van der Waals surface area (Å²) in [7, 11) is 0. The maximum atomic E-state index is 12.6. The van der Waals surface area contributed by atoms with Gasteiger partial charge in [0.15, 0.2) is 5.69 Å². The molecule has 0 radical (unpaired) electrons. The molecule has 0 aliphatic heterocycles. The highest BCUT2D eigenvalue weighted by Crippen LogP contribution is 2.19. The third kappa shape index (κ3) is 3.58. The Balaban J connectivity index is 1.58. The second kappa shape index (κ2) is 7.35. The Morgan fingerprint density at radius 1 is 1.00 bits per heavy atom. The van der Waals surface area contributed by atoms with Crippen LogP contribution in [0.25, 0.3) is 22.2 Å². The van der Waals surface area contributed by atoms with Crippen LogP contribution in [0, 0.1) is 0 Å². The number of amides is 1. The van der Waals surface area contributed by atoms with Gasteiger partial charge >= 0.3 is 12.0 Å². The average molecular weight is 391 g/mol. The molecule has 0 saturated carbocycles. The van der Waals surface area contributed by atoms with Gasteiger partial charge in [-0.3, -0.25) is 14.9 Å². The van der Waals surface area contributed by atoms with E-state index < -0.39 is 24.0 Å². The van der Waals surface area contributed by atoms with Crippen LogP contribution in [0.15, 0.2) is 63.8 Å². The Morgan fingerprint density at radius 2 is 1.69 bits per heavy atom. The van der Waals surface area contributed by atoms with E-state index in [1.807, 2.05) is 6.07 Å². The van der Waals surface area contributed by atoms with Crippen molar-refractivity contribution in [3.63, 3.8) is 0 Å². The third-order valence-electron chi connectivity index (χ3n) is 4.06. The predicted octanol–water partition coefficient (Wildman–Crippen LogP) is 1.78. The first-order valence-electron chi connectivity index (χ1n) is 8.45. The van der Waals surface area contributed by atoms with E-state index in [4.69, 9.17) is 4.42 Å². The van der Waals surface area contributed by atoms with Crippen LogP contribution >= 0.6 is 0 Å². The van der Waals surface area contributed by atoms with Crippen LogP contribution in [0.4, 0.5) is 6.01 Å². The number of carbonyl (C=O) groups is 2. The van der Waals surface area contributed by atoms with E-state index in [2.05, 4.69) is 20.6 Å². The van der Waals surface area contributed by atoms with Crippen LogP contribution < -0.4 is 10.9 Å². The predicted molar refractivity (Wildman–Crippen MR) is 101 cm³/mol. The molecule has 2 heterocycles. The van der Waals surface area contributed by atoms with Crippen molar-refractivity contribution in [1.29, 1.82) is 0 Å². The smallest absolute Gasteiger partial charge is 0.357 e. The van der Waals surface area contributed by atoms with E-state index in [-0.39, 0.29) is 28.4 Å². The minimum atomic E-state index is -1.31. The molecule has 4 rings (SSSR count). The quantitative estimate of drug-likeness (QED) is 0.525. The Labute approximate surface area is 162 Å². The topological polar surface area (TPSA) is 140 Å². The summed E-state index contributed by atoms with van der Waals surface area (Å²) in [5.41, 5.74) is -0.229. The molecule has 29 heavy (non-hydrogen) atoms. The highest BCUT2D eigenvalue weighted by molar-refractivity contribution is 6.01.